The normalized spacial score (nSPS) is 32.8. The Morgan fingerprint density at radius 2 is 1.96 bits per heavy atom. The van der Waals surface area contributed by atoms with Gasteiger partial charge in [-0.1, -0.05) is 19.8 Å². The van der Waals surface area contributed by atoms with Gasteiger partial charge in [-0.05, 0) is 32.9 Å². The Hall–Kier alpha value is -0.170. The van der Waals surface area contributed by atoms with E-state index in [0.29, 0.717) is 12.5 Å². The molecule has 4 nitrogen and oxygen atoms in total. The van der Waals surface area contributed by atoms with Crippen LogP contribution in [-0.2, 0) is 4.79 Å². The number of nitrogens with one attached hydrogen (secondary N) is 2. The molecule has 1 aliphatic carbocycles. The molecule has 1 aliphatic heterocycles. The van der Waals surface area contributed by atoms with Crippen molar-refractivity contribution >= 4 is 30.7 Å². The standard InChI is InChI=1S/C15H27F2N3O.2ClH/c1-11-5-4-6-14(7-11,20(2)3)9-19-13(21)12-8-15(16,17)10-18-12;;/h11-12,18H,4-10H2,1-3H3,(H,19,21);2*1H. The third-order valence-corrected chi connectivity index (χ3v) is 5.03. The average molecular weight is 376 g/mol. The Morgan fingerprint density at radius 3 is 2.43 bits per heavy atom. The van der Waals surface area contributed by atoms with E-state index in [2.05, 4.69) is 22.5 Å². The van der Waals surface area contributed by atoms with Crippen molar-refractivity contribution in [3.63, 3.8) is 0 Å². The molecule has 1 saturated carbocycles. The topological polar surface area (TPSA) is 44.4 Å². The maximum atomic E-state index is 13.2. The van der Waals surface area contributed by atoms with Crippen LogP contribution in [0.3, 0.4) is 0 Å². The Labute approximate surface area is 149 Å². The first kappa shape index (κ1) is 22.8. The molecule has 3 unspecified atom stereocenters. The lowest BCUT2D eigenvalue weighted by atomic mass is 9.75. The van der Waals surface area contributed by atoms with Gasteiger partial charge in [-0.3, -0.25) is 10.1 Å². The third-order valence-electron chi connectivity index (χ3n) is 5.03. The molecule has 0 radical (unpaired) electrons. The SMILES string of the molecule is CC1CCCC(CNC(=O)C2CC(F)(F)CN2)(N(C)C)C1.Cl.Cl. The predicted octanol–water partition coefficient (Wildman–Crippen LogP) is 2.45. The first-order valence-corrected chi connectivity index (χ1v) is 7.80. The quantitative estimate of drug-likeness (QED) is 0.792. The van der Waals surface area contributed by atoms with Crippen LogP contribution in [0, 0.1) is 5.92 Å². The van der Waals surface area contributed by atoms with Crippen LogP contribution in [0.4, 0.5) is 8.78 Å². The molecular weight excluding hydrogens is 347 g/mol. The number of hydrogen-bond acceptors (Lipinski definition) is 3. The highest BCUT2D eigenvalue weighted by atomic mass is 35.5. The van der Waals surface area contributed by atoms with Crippen LogP contribution in [0.1, 0.15) is 39.0 Å². The maximum absolute atomic E-state index is 13.2. The highest BCUT2D eigenvalue weighted by Gasteiger charge is 2.43. The number of amides is 1. The number of nitrogens with zero attached hydrogens (tertiary/aromatic N) is 1. The summed E-state index contributed by atoms with van der Waals surface area (Å²) in [5.74, 6) is -2.43. The monoisotopic (exact) mass is 375 g/mol. The fraction of sp³-hybridized carbons (Fsp3) is 0.933. The molecule has 23 heavy (non-hydrogen) atoms. The summed E-state index contributed by atoms with van der Waals surface area (Å²) in [7, 11) is 4.07. The molecule has 1 heterocycles. The third kappa shape index (κ3) is 5.69. The summed E-state index contributed by atoms with van der Waals surface area (Å²) in [6, 6.07) is -0.764. The molecule has 0 aromatic heterocycles. The molecule has 0 bridgehead atoms. The molecule has 2 N–H and O–H groups in total. The van der Waals surface area contributed by atoms with Crippen LogP contribution in [0.2, 0.25) is 0 Å². The predicted molar refractivity (Wildman–Crippen MR) is 92.9 cm³/mol. The summed E-state index contributed by atoms with van der Waals surface area (Å²) < 4.78 is 26.3. The minimum Gasteiger partial charge on any atom is -0.353 e. The molecule has 3 atom stereocenters. The smallest absolute Gasteiger partial charge is 0.262 e. The summed E-state index contributed by atoms with van der Waals surface area (Å²) in [5, 5.41) is 5.51. The van der Waals surface area contributed by atoms with E-state index in [4.69, 9.17) is 0 Å². The highest BCUT2D eigenvalue weighted by molar-refractivity contribution is 5.85. The van der Waals surface area contributed by atoms with Gasteiger partial charge >= 0.3 is 0 Å². The second-order valence-corrected chi connectivity index (χ2v) is 7.03. The van der Waals surface area contributed by atoms with Gasteiger partial charge in [-0.15, -0.1) is 24.8 Å². The van der Waals surface area contributed by atoms with Crippen LogP contribution in [0.25, 0.3) is 0 Å². The molecule has 1 saturated heterocycles. The lowest BCUT2D eigenvalue weighted by Crippen LogP contribution is -2.56. The highest BCUT2D eigenvalue weighted by Crippen LogP contribution is 2.35. The molecule has 0 spiro atoms. The molecule has 0 aromatic rings. The lowest BCUT2D eigenvalue weighted by Gasteiger charge is -2.45. The Kier molecular flexibility index (Phi) is 8.72. The van der Waals surface area contributed by atoms with Gasteiger partial charge < -0.3 is 10.2 Å². The minimum atomic E-state index is -2.76. The van der Waals surface area contributed by atoms with Crippen LogP contribution in [0.5, 0.6) is 0 Å². The molecule has 2 fully saturated rings. The Morgan fingerprint density at radius 1 is 1.30 bits per heavy atom. The van der Waals surface area contributed by atoms with Gasteiger partial charge in [0.1, 0.15) is 0 Å². The van der Waals surface area contributed by atoms with Crippen molar-refractivity contribution in [2.75, 3.05) is 27.2 Å². The van der Waals surface area contributed by atoms with Crippen molar-refractivity contribution in [2.24, 2.45) is 5.92 Å². The van der Waals surface area contributed by atoms with Crippen LogP contribution < -0.4 is 10.6 Å². The molecule has 8 heteroatoms. The van der Waals surface area contributed by atoms with Gasteiger partial charge in [0.2, 0.25) is 5.91 Å². The Balaban J connectivity index is 0.00000242. The molecule has 0 aromatic carbocycles. The number of alkyl halides is 2. The molecule has 2 rings (SSSR count). The second-order valence-electron chi connectivity index (χ2n) is 7.03. The van der Waals surface area contributed by atoms with E-state index in [9.17, 15) is 13.6 Å². The first-order valence-electron chi connectivity index (χ1n) is 7.80. The van der Waals surface area contributed by atoms with Gasteiger partial charge in [0.05, 0.1) is 12.6 Å². The van der Waals surface area contributed by atoms with Crippen molar-refractivity contribution in [3.05, 3.63) is 0 Å². The number of likely N-dealkylation sites (N-methyl/N-ethyl adjacent to an activating group) is 1. The van der Waals surface area contributed by atoms with E-state index in [-0.39, 0.29) is 36.3 Å². The molecule has 2 aliphatic rings. The van der Waals surface area contributed by atoms with Gasteiger partial charge in [0.25, 0.3) is 5.92 Å². The number of halogens is 4. The number of carbonyl (C=O) groups excluding carboxylic acids is 1. The number of rotatable bonds is 4. The van der Waals surface area contributed by atoms with Crippen molar-refractivity contribution < 1.29 is 13.6 Å². The lowest BCUT2D eigenvalue weighted by molar-refractivity contribution is -0.124. The summed E-state index contributed by atoms with van der Waals surface area (Å²) in [6.07, 6.45) is 4.05. The van der Waals surface area contributed by atoms with Crippen molar-refractivity contribution in [1.29, 1.82) is 0 Å². The summed E-state index contributed by atoms with van der Waals surface area (Å²) in [4.78, 5) is 14.3. The maximum Gasteiger partial charge on any atom is 0.262 e. The average Bonchev–Trinajstić information content (AvgIpc) is 2.76. The van der Waals surface area contributed by atoms with Gasteiger partial charge in [-0.25, -0.2) is 8.78 Å². The zero-order chi connectivity index (χ0) is 15.7. The zero-order valence-corrected chi connectivity index (χ0v) is 15.7. The number of carbonyl (C=O) groups is 1. The zero-order valence-electron chi connectivity index (χ0n) is 14.0. The van der Waals surface area contributed by atoms with Crippen molar-refractivity contribution in [2.45, 2.75) is 56.5 Å². The van der Waals surface area contributed by atoms with Crippen molar-refractivity contribution in [3.8, 4) is 0 Å². The van der Waals surface area contributed by atoms with Crippen molar-refractivity contribution in [1.82, 2.24) is 15.5 Å². The van der Waals surface area contributed by atoms with E-state index in [0.717, 1.165) is 19.3 Å². The molecule has 1 amide bonds. The van der Waals surface area contributed by atoms with E-state index in [1.807, 2.05) is 14.1 Å². The number of hydrogen-bond donors (Lipinski definition) is 2. The van der Waals surface area contributed by atoms with E-state index >= 15 is 0 Å². The minimum absolute atomic E-state index is 0. The van der Waals surface area contributed by atoms with Gasteiger partial charge in [0.15, 0.2) is 0 Å². The van der Waals surface area contributed by atoms with Gasteiger partial charge in [0, 0.05) is 18.5 Å². The van der Waals surface area contributed by atoms with Crippen LogP contribution >= 0.6 is 24.8 Å². The van der Waals surface area contributed by atoms with Crippen LogP contribution in [-0.4, -0.2) is 55.5 Å². The first-order chi connectivity index (χ1) is 9.74. The second kappa shape index (κ2) is 8.79. The Bertz CT molecular complexity index is 399. The van der Waals surface area contributed by atoms with E-state index in [1.54, 1.807) is 0 Å². The fourth-order valence-electron chi connectivity index (χ4n) is 3.63. The van der Waals surface area contributed by atoms with Gasteiger partial charge in [-0.2, -0.15) is 0 Å². The summed E-state index contributed by atoms with van der Waals surface area (Å²) in [5.41, 5.74) is -0.0472. The summed E-state index contributed by atoms with van der Waals surface area (Å²) >= 11 is 0. The molecule has 138 valence electrons. The van der Waals surface area contributed by atoms with E-state index < -0.39 is 24.9 Å². The molecular formula is C15H29Cl2F2N3O. The fourth-order valence-corrected chi connectivity index (χ4v) is 3.63. The van der Waals surface area contributed by atoms with E-state index in [1.165, 1.54) is 6.42 Å². The largest absolute Gasteiger partial charge is 0.353 e. The van der Waals surface area contributed by atoms with Crippen LogP contribution in [0.15, 0.2) is 0 Å². The summed E-state index contributed by atoms with van der Waals surface area (Å²) in [6.45, 7) is 2.37.